The van der Waals surface area contributed by atoms with Crippen LogP contribution in [0.15, 0.2) is 0 Å². The summed E-state index contributed by atoms with van der Waals surface area (Å²) in [5, 5.41) is 0. The Morgan fingerprint density at radius 1 is 1.71 bits per heavy atom. The van der Waals surface area contributed by atoms with Crippen LogP contribution in [0.25, 0.3) is 0 Å². The maximum absolute atomic E-state index is 11.0. The molecule has 1 rings (SSSR count). The Morgan fingerprint density at radius 2 is 2.50 bits per heavy atom. The molecule has 2 atom stereocenters. The molecular weight excluding hydrogens is 202 g/mol. The molecule has 14 heavy (non-hydrogen) atoms. The van der Waals surface area contributed by atoms with Gasteiger partial charge in [-0.05, 0) is 19.3 Å². The lowest BCUT2D eigenvalue weighted by Gasteiger charge is -2.22. The van der Waals surface area contributed by atoms with Crippen LogP contribution in [-0.2, 0) is 14.3 Å². The number of methoxy groups -OCH3 is 1. The number of carbonyl (C=O) groups is 1. The third kappa shape index (κ3) is 3.86. The van der Waals surface area contributed by atoms with E-state index in [1.165, 1.54) is 13.5 Å². The smallest absolute Gasteiger partial charge is 0.365 e. The van der Waals surface area contributed by atoms with Gasteiger partial charge in [0.05, 0.1) is 12.9 Å². The van der Waals surface area contributed by atoms with Gasteiger partial charge in [0.15, 0.2) is 6.04 Å². The Hall–Kier alpha value is -0.260. The molecule has 0 unspecified atom stereocenters. The topological polar surface area (TPSA) is 63.2 Å². The minimum atomic E-state index is -0.282. The van der Waals surface area contributed by atoms with Crippen molar-refractivity contribution in [3.63, 3.8) is 0 Å². The molecule has 0 aromatic carbocycles. The lowest BCUT2D eigenvalue weighted by atomic mass is 10.2. The average molecular weight is 220 g/mol. The van der Waals surface area contributed by atoms with E-state index in [9.17, 15) is 4.79 Å². The van der Waals surface area contributed by atoms with E-state index in [-0.39, 0.29) is 17.4 Å². The molecule has 0 aromatic heterocycles. The molecule has 0 radical (unpaired) electrons. The highest BCUT2D eigenvalue weighted by molar-refractivity contribution is 7.99. The Balaban J connectivity index is 2.15. The molecule has 0 aromatic rings. The van der Waals surface area contributed by atoms with Crippen LogP contribution >= 0.6 is 11.8 Å². The number of hydrogen-bond acceptors (Lipinski definition) is 4. The maximum atomic E-state index is 11.0. The van der Waals surface area contributed by atoms with Gasteiger partial charge in [-0.25, -0.2) is 4.79 Å². The highest BCUT2D eigenvalue weighted by Gasteiger charge is 2.21. The molecule has 1 fully saturated rings. The van der Waals surface area contributed by atoms with Crippen molar-refractivity contribution < 1.29 is 20.0 Å². The molecule has 0 aliphatic carbocycles. The fourth-order valence-corrected chi connectivity index (χ4v) is 2.41. The standard InChI is InChI=1S/C9H17NO3S/c1-12-9(11)7(10)6-14-8-4-2-3-5-13-8/h7-8H,2-6,10H2,1H3/p+1/t7-,8-/m0/s1. The number of ether oxygens (including phenoxy) is 2. The molecule has 0 spiro atoms. The molecule has 5 heteroatoms. The zero-order chi connectivity index (χ0) is 10.4. The lowest BCUT2D eigenvalue weighted by Crippen LogP contribution is -2.66. The number of rotatable bonds is 4. The third-order valence-electron chi connectivity index (χ3n) is 2.16. The van der Waals surface area contributed by atoms with Crippen molar-refractivity contribution in [1.29, 1.82) is 0 Å². The largest absolute Gasteiger partial charge is 0.465 e. The first kappa shape index (κ1) is 11.8. The SMILES string of the molecule is COC(=O)[C@@H]([NH3+])CS[C@H]1CCCCO1. The first-order valence-corrected chi connectivity index (χ1v) is 5.93. The van der Waals surface area contributed by atoms with Gasteiger partial charge in [0.2, 0.25) is 0 Å². The lowest BCUT2D eigenvalue weighted by molar-refractivity contribution is -0.400. The number of thioether (sulfide) groups is 1. The molecule has 1 heterocycles. The summed E-state index contributed by atoms with van der Waals surface area (Å²) in [6.45, 7) is 0.845. The maximum Gasteiger partial charge on any atom is 0.365 e. The molecule has 3 N–H and O–H groups in total. The summed E-state index contributed by atoms with van der Waals surface area (Å²) in [6, 6.07) is -0.282. The summed E-state index contributed by atoms with van der Waals surface area (Å²) in [6.07, 6.45) is 3.46. The Bertz CT molecular complexity index is 183. The van der Waals surface area contributed by atoms with E-state index in [0.717, 1.165) is 19.4 Å². The number of quaternary nitrogens is 1. The van der Waals surface area contributed by atoms with Gasteiger partial charge in [0.1, 0.15) is 5.44 Å². The van der Waals surface area contributed by atoms with Gasteiger partial charge < -0.3 is 15.2 Å². The molecule has 1 aliphatic rings. The van der Waals surface area contributed by atoms with Crippen LogP contribution in [0.4, 0.5) is 0 Å². The van der Waals surface area contributed by atoms with Gasteiger partial charge in [-0.3, -0.25) is 0 Å². The number of hydrogen-bond donors (Lipinski definition) is 1. The minimum absolute atomic E-state index is 0.242. The van der Waals surface area contributed by atoms with Crippen molar-refractivity contribution in [2.75, 3.05) is 19.5 Å². The summed E-state index contributed by atoms with van der Waals surface area (Å²) in [5.41, 5.74) is 3.99. The van der Waals surface area contributed by atoms with Crippen LogP contribution in [-0.4, -0.2) is 36.9 Å². The molecule has 4 nitrogen and oxygen atoms in total. The second-order valence-corrected chi connectivity index (χ2v) is 4.54. The monoisotopic (exact) mass is 220 g/mol. The normalized spacial score (nSPS) is 24.3. The number of carbonyl (C=O) groups excluding carboxylic acids is 1. The van der Waals surface area contributed by atoms with E-state index in [0.29, 0.717) is 5.75 Å². The predicted octanol–water partition coefficient (Wildman–Crippen LogP) is 0.0297. The quantitative estimate of drug-likeness (QED) is 0.679. The molecule has 0 bridgehead atoms. The van der Waals surface area contributed by atoms with E-state index >= 15 is 0 Å². The molecule has 1 aliphatic heterocycles. The Kier molecular flexibility index (Phi) is 5.29. The Morgan fingerprint density at radius 3 is 3.07 bits per heavy atom. The van der Waals surface area contributed by atoms with Crippen molar-refractivity contribution in [3.8, 4) is 0 Å². The van der Waals surface area contributed by atoms with Crippen molar-refractivity contribution in [2.45, 2.75) is 30.7 Å². The summed E-state index contributed by atoms with van der Waals surface area (Å²) < 4.78 is 10.1. The summed E-state index contributed by atoms with van der Waals surface area (Å²) in [4.78, 5) is 11.0. The second kappa shape index (κ2) is 6.27. The van der Waals surface area contributed by atoms with Crippen molar-refractivity contribution in [3.05, 3.63) is 0 Å². The number of esters is 1. The van der Waals surface area contributed by atoms with Crippen LogP contribution in [0.5, 0.6) is 0 Å². The van der Waals surface area contributed by atoms with Gasteiger partial charge in [-0.2, -0.15) is 0 Å². The molecule has 82 valence electrons. The highest BCUT2D eigenvalue weighted by atomic mass is 32.2. The van der Waals surface area contributed by atoms with E-state index in [1.54, 1.807) is 11.8 Å². The summed E-state index contributed by atoms with van der Waals surface area (Å²) in [5.74, 6) is 0.436. The summed E-state index contributed by atoms with van der Waals surface area (Å²) in [7, 11) is 1.39. The highest BCUT2D eigenvalue weighted by Crippen LogP contribution is 2.23. The van der Waals surface area contributed by atoms with Gasteiger partial charge in [0.25, 0.3) is 0 Å². The first-order chi connectivity index (χ1) is 6.74. The van der Waals surface area contributed by atoms with E-state index in [1.807, 2.05) is 0 Å². The van der Waals surface area contributed by atoms with Gasteiger partial charge in [-0.1, -0.05) is 0 Å². The van der Waals surface area contributed by atoms with Gasteiger partial charge in [0, 0.05) is 6.61 Å². The summed E-state index contributed by atoms with van der Waals surface area (Å²) >= 11 is 1.66. The van der Waals surface area contributed by atoms with Crippen LogP contribution in [0.3, 0.4) is 0 Å². The van der Waals surface area contributed by atoms with Crippen LogP contribution in [0, 0.1) is 0 Å². The van der Waals surface area contributed by atoms with Crippen molar-refractivity contribution >= 4 is 17.7 Å². The van der Waals surface area contributed by atoms with Crippen LogP contribution in [0.2, 0.25) is 0 Å². The predicted molar refractivity (Wildman–Crippen MR) is 54.7 cm³/mol. The molecule has 1 saturated heterocycles. The first-order valence-electron chi connectivity index (χ1n) is 4.88. The van der Waals surface area contributed by atoms with Crippen LogP contribution in [0.1, 0.15) is 19.3 Å². The van der Waals surface area contributed by atoms with Gasteiger partial charge in [-0.15, -0.1) is 11.8 Å². The molecular formula is C9H18NO3S+. The molecule has 0 amide bonds. The fourth-order valence-electron chi connectivity index (χ4n) is 1.30. The Labute approximate surface area is 88.5 Å². The fraction of sp³-hybridized carbons (Fsp3) is 0.889. The second-order valence-electron chi connectivity index (χ2n) is 3.35. The minimum Gasteiger partial charge on any atom is -0.465 e. The van der Waals surface area contributed by atoms with Crippen molar-refractivity contribution in [1.82, 2.24) is 0 Å². The van der Waals surface area contributed by atoms with Crippen molar-refractivity contribution in [2.24, 2.45) is 0 Å². The van der Waals surface area contributed by atoms with E-state index in [4.69, 9.17) is 4.74 Å². The zero-order valence-electron chi connectivity index (χ0n) is 8.53. The van der Waals surface area contributed by atoms with E-state index in [2.05, 4.69) is 10.5 Å². The third-order valence-corrected chi connectivity index (χ3v) is 3.49. The zero-order valence-corrected chi connectivity index (χ0v) is 9.35. The van der Waals surface area contributed by atoms with Crippen LogP contribution < -0.4 is 5.73 Å². The van der Waals surface area contributed by atoms with Gasteiger partial charge >= 0.3 is 5.97 Å². The average Bonchev–Trinajstić information content (AvgIpc) is 2.26. The molecule has 0 saturated carbocycles. The van der Waals surface area contributed by atoms with E-state index < -0.39 is 0 Å².